The molecule has 1 amide bonds. The lowest BCUT2D eigenvalue weighted by molar-refractivity contribution is -0.137. The summed E-state index contributed by atoms with van der Waals surface area (Å²) in [6.07, 6.45) is 6.05. The fourth-order valence-electron chi connectivity index (χ4n) is 3.13. The molecule has 0 saturated heterocycles. The second-order valence-corrected chi connectivity index (χ2v) is 6.92. The Labute approximate surface area is 174 Å². The Hall–Kier alpha value is -3.89. The molecule has 0 unspecified atom stereocenters. The lowest BCUT2D eigenvalue weighted by Gasteiger charge is -2.11. The average molecular weight is 429 g/mol. The molecule has 4 rings (SSSR count). The number of carbonyl (C=O) groups excluding carboxylic acids is 1. The van der Waals surface area contributed by atoms with Crippen molar-refractivity contribution in [3.63, 3.8) is 0 Å². The molecule has 0 atom stereocenters. The second-order valence-electron chi connectivity index (χ2n) is 6.92. The molecule has 4 aromatic heterocycles. The van der Waals surface area contributed by atoms with E-state index in [0.29, 0.717) is 36.4 Å². The fraction of sp³-hybridized carbons (Fsp3) is 0.200. The van der Waals surface area contributed by atoms with Crippen LogP contribution in [0, 0.1) is 0 Å². The highest BCUT2D eigenvalue weighted by Crippen LogP contribution is 2.35. The monoisotopic (exact) mass is 429 g/mol. The quantitative estimate of drug-likeness (QED) is 0.487. The molecule has 0 aliphatic carbocycles. The van der Waals surface area contributed by atoms with E-state index in [4.69, 9.17) is 5.73 Å². The van der Waals surface area contributed by atoms with Gasteiger partial charge < -0.3 is 20.0 Å². The minimum Gasteiger partial charge on any atom is -0.383 e. The smallest absolute Gasteiger partial charge is 0.383 e. The van der Waals surface area contributed by atoms with Crippen molar-refractivity contribution in [1.29, 1.82) is 0 Å². The number of anilines is 2. The first-order chi connectivity index (χ1) is 14.8. The third-order valence-electron chi connectivity index (χ3n) is 4.66. The van der Waals surface area contributed by atoms with Crippen LogP contribution in [0.3, 0.4) is 0 Å². The van der Waals surface area contributed by atoms with Gasteiger partial charge in [0.15, 0.2) is 5.82 Å². The SMILES string of the molecule is Nc1ncc(-c2ccc3nc(NC(=O)CCCn4ccnc4)cn3c2)cc1C(F)(F)F. The first kappa shape index (κ1) is 20.4. The van der Waals surface area contributed by atoms with Gasteiger partial charge in [-0.3, -0.25) is 4.79 Å². The van der Waals surface area contributed by atoms with Gasteiger partial charge in [-0.1, -0.05) is 0 Å². The number of fused-ring (bicyclic) bond motifs is 1. The van der Waals surface area contributed by atoms with Crippen LogP contribution < -0.4 is 11.1 Å². The van der Waals surface area contributed by atoms with E-state index in [9.17, 15) is 18.0 Å². The lowest BCUT2D eigenvalue weighted by Crippen LogP contribution is -2.12. The van der Waals surface area contributed by atoms with Gasteiger partial charge in [0.05, 0.1) is 18.1 Å². The van der Waals surface area contributed by atoms with E-state index in [1.165, 1.54) is 6.20 Å². The van der Waals surface area contributed by atoms with E-state index >= 15 is 0 Å². The van der Waals surface area contributed by atoms with Gasteiger partial charge in [-0.05, 0) is 24.6 Å². The van der Waals surface area contributed by atoms with Crippen molar-refractivity contribution in [3.8, 4) is 11.1 Å². The summed E-state index contributed by atoms with van der Waals surface area (Å²) in [6.45, 7) is 0.678. The van der Waals surface area contributed by atoms with Crippen molar-refractivity contribution >= 4 is 23.2 Å². The van der Waals surface area contributed by atoms with E-state index in [2.05, 4.69) is 20.3 Å². The normalized spacial score (nSPS) is 11.7. The molecule has 11 heteroatoms. The molecule has 0 spiro atoms. The van der Waals surface area contributed by atoms with E-state index in [0.717, 1.165) is 6.07 Å². The molecule has 31 heavy (non-hydrogen) atoms. The maximum atomic E-state index is 13.1. The van der Waals surface area contributed by atoms with Crippen molar-refractivity contribution in [1.82, 2.24) is 23.9 Å². The van der Waals surface area contributed by atoms with Crippen LogP contribution >= 0.6 is 0 Å². The zero-order chi connectivity index (χ0) is 22.0. The largest absolute Gasteiger partial charge is 0.419 e. The number of amides is 1. The number of nitrogens with two attached hydrogens (primary N) is 1. The molecular weight excluding hydrogens is 411 g/mol. The molecule has 0 fully saturated rings. The summed E-state index contributed by atoms with van der Waals surface area (Å²) < 4.78 is 42.8. The average Bonchev–Trinajstić information content (AvgIpc) is 3.36. The molecule has 0 aliphatic rings. The van der Waals surface area contributed by atoms with Gasteiger partial charge in [-0.15, -0.1) is 0 Å². The van der Waals surface area contributed by atoms with Crippen molar-refractivity contribution in [3.05, 3.63) is 61.1 Å². The number of alkyl halides is 3. The number of nitrogens with one attached hydrogen (secondary N) is 1. The maximum absolute atomic E-state index is 13.1. The van der Waals surface area contributed by atoms with E-state index in [1.807, 2.05) is 10.8 Å². The summed E-state index contributed by atoms with van der Waals surface area (Å²) in [4.78, 5) is 24.1. The van der Waals surface area contributed by atoms with Crippen molar-refractivity contribution in [2.45, 2.75) is 25.6 Å². The number of pyridine rings is 2. The minimum atomic E-state index is -4.60. The zero-order valence-corrected chi connectivity index (χ0v) is 16.2. The first-order valence-corrected chi connectivity index (χ1v) is 9.37. The van der Waals surface area contributed by atoms with Gasteiger partial charge in [-0.25, -0.2) is 15.0 Å². The molecule has 0 aliphatic heterocycles. The number of rotatable bonds is 6. The molecule has 0 bridgehead atoms. The molecule has 0 aromatic carbocycles. The number of halogens is 3. The van der Waals surface area contributed by atoms with E-state index in [1.54, 1.807) is 41.5 Å². The highest BCUT2D eigenvalue weighted by molar-refractivity contribution is 5.90. The summed E-state index contributed by atoms with van der Waals surface area (Å²) in [5, 5.41) is 2.73. The Morgan fingerprint density at radius 2 is 2.03 bits per heavy atom. The summed E-state index contributed by atoms with van der Waals surface area (Å²) in [5.74, 6) is -0.393. The number of hydrogen-bond acceptors (Lipinski definition) is 5. The van der Waals surface area contributed by atoms with Crippen LogP contribution in [0.1, 0.15) is 18.4 Å². The highest BCUT2D eigenvalue weighted by atomic mass is 19.4. The van der Waals surface area contributed by atoms with Crippen molar-refractivity contribution in [2.24, 2.45) is 0 Å². The third-order valence-corrected chi connectivity index (χ3v) is 4.66. The summed E-state index contributed by atoms with van der Waals surface area (Å²) in [7, 11) is 0. The molecule has 4 heterocycles. The predicted molar refractivity (Wildman–Crippen MR) is 108 cm³/mol. The minimum absolute atomic E-state index is 0.179. The standard InChI is InChI=1S/C20H18F3N7O/c21-20(22,23)15-8-14(9-26-19(15)24)13-3-4-17-27-16(11-30(17)10-13)28-18(31)2-1-6-29-7-5-25-12-29/h3-5,7-12H,1-2,6H2,(H2,24,26)(H,28,31). The molecule has 0 radical (unpaired) electrons. The Bertz CT molecular complexity index is 1220. The third kappa shape index (κ3) is 4.65. The summed E-state index contributed by atoms with van der Waals surface area (Å²) in [6, 6.07) is 4.24. The molecule has 0 saturated carbocycles. The molecule has 4 aromatic rings. The number of aromatic nitrogens is 5. The number of nitrogen functional groups attached to an aromatic ring is 1. The second kappa shape index (κ2) is 8.09. The molecular formula is C20H18F3N7O. The molecule has 160 valence electrons. The van der Waals surface area contributed by atoms with E-state index in [-0.39, 0.29) is 11.5 Å². The van der Waals surface area contributed by atoms with Crippen LogP contribution in [0.15, 0.2) is 55.5 Å². The van der Waals surface area contributed by atoms with Crippen LogP contribution in [0.4, 0.5) is 24.8 Å². The van der Waals surface area contributed by atoms with Crippen LogP contribution in [0.2, 0.25) is 0 Å². The van der Waals surface area contributed by atoms with Crippen molar-refractivity contribution in [2.75, 3.05) is 11.1 Å². The van der Waals surface area contributed by atoms with Gasteiger partial charge >= 0.3 is 6.18 Å². The topological polar surface area (TPSA) is 103 Å². The number of aryl methyl sites for hydroxylation is 1. The Balaban J connectivity index is 1.48. The fourth-order valence-corrected chi connectivity index (χ4v) is 3.13. The predicted octanol–water partition coefficient (Wildman–Crippen LogP) is 3.61. The van der Waals surface area contributed by atoms with Crippen molar-refractivity contribution < 1.29 is 18.0 Å². The van der Waals surface area contributed by atoms with Crippen LogP contribution in [-0.4, -0.2) is 29.8 Å². The molecule has 3 N–H and O–H groups in total. The number of carbonyl (C=O) groups is 1. The first-order valence-electron chi connectivity index (χ1n) is 9.37. The summed E-state index contributed by atoms with van der Waals surface area (Å²) in [5.41, 5.74) is 5.68. The van der Waals surface area contributed by atoms with Gasteiger partial charge in [0.1, 0.15) is 11.5 Å². The van der Waals surface area contributed by atoms with Crippen LogP contribution in [-0.2, 0) is 17.5 Å². The van der Waals surface area contributed by atoms with E-state index < -0.39 is 17.6 Å². The van der Waals surface area contributed by atoms with Crippen LogP contribution in [0.25, 0.3) is 16.8 Å². The lowest BCUT2D eigenvalue weighted by atomic mass is 10.1. The van der Waals surface area contributed by atoms with Gasteiger partial charge in [-0.2, -0.15) is 13.2 Å². The van der Waals surface area contributed by atoms with Gasteiger partial charge in [0.2, 0.25) is 5.91 Å². The molecule has 8 nitrogen and oxygen atoms in total. The zero-order valence-electron chi connectivity index (χ0n) is 16.2. The Morgan fingerprint density at radius 3 is 2.77 bits per heavy atom. The Morgan fingerprint density at radius 1 is 1.19 bits per heavy atom. The Kier molecular flexibility index (Phi) is 5.32. The maximum Gasteiger partial charge on any atom is 0.419 e. The summed E-state index contributed by atoms with van der Waals surface area (Å²) >= 11 is 0. The number of nitrogens with zero attached hydrogens (tertiary/aromatic N) is 5. The number of imidazole rings is 2. The van der Waals surface area contributed by atoms with Gasteiger partial charge in [0.25, 0.3) is 0 Å². The van der Waals surface area contributed by atoms with Crippen LogP contribution in [0.5, 0.6) is 0 Å². The highest BCUT2D eigenvalue weighted by Gasteiger charge is 2.34. The van der Waals surface area contributed by atoms with Gasteiger partial charge in [0, 0.05) is 48.9 Å². The number of hydrogen-bond donors (Lipinski definition) is 2.